The summed E-state index contributed by atoms with van der Waals surface area (Å²) >= 11 is 0. The molecule has 1 aromatic heterocycles. The normalized spacial score (nSPS) is 19.6. The summed E-state index contributed by atoms with van der Waals surface area (Å²) < 4.78 is 1.98. The molecule has 5 heteroatoms. The highest BCUT2D eigenvalue weighted by molar-refractivity contribution is 5.75. The number of urea groups is 1. The van der Waals surface area contributed by atoms with Crippen LogP contribution in [0.4, 0.5) is 4.79 Å². The maximum absolute atomic E-state index is 12.9. The summed E-state index contributed by atoms with van der Waals surface area (Å²) in [5.41, 5.74) is 2.76. The van der Waals surface area contributed by atoms with Gasteiger partial charge in [-0.1, -0.05) is 24.3 Å². The van der Waals surface area contributed by atoms with Gasteiger partial charge in [0.1, 0.15) is 0 Å². The summed E-state index contributed by atoms with van der Waals surface area (Å²) in [6.45, 7) is 1.39. The number of benzene rings is 1. The molecule has 5 nitrogen and oxygen atoms in total. The van der Waals surface area contributed by atoms with E-state index in [1.807, 2.05) is 10.8 Å². The number of nitrogens with zero attached hydrogens (tertiary/aromatic N) is 3. The lowest BCUT2D eigenvalue weighted by atomic mass is 9.87. The van der Waals surface area contributed by atoms with Crippen LogP contribution in [0.15, 0.2) is 43.0 Å². The third-order valence-corrected chi connectivity index (χ3v) is 5.05. The van der Waals surface area contributed by atoms with Crippen molar-refractivity contribution in [2.45, 2.75) is 50.7 Å². The highest BCUT2D eigenvalue weighted by atomic mass is 16.2. The second kappa shape index (κ2) is 6.67. The zero-order chi connectivity index (χ0) is 16.4. The Morgan fingerprint density at radius 2 is 2.17 bits per heavy atom. The molecule has 2 aliphatic rings. The topological polar surface area (TPSA) is 50.2 Å². The van der Waals surface area contributed by atoms with Crippen LogP contribution in [-0.2, 0) is 13.0 Å². The van der Waals surface area contributed by atoms with Gasteiger partial charge in [0.05, 0.1) is 12.4 Å². The van der Waals surface area contributed by atoms with E-state index < -0.39 is 0 Å². The Hall–Kier alpha value is -2.30. The SMILES string of the molecule is O=C(NCCn1ccnc1)N(C1CC1)C1CCCc2ccccc21. The summed E-state index contributed by atoms with van der Waals surface area (Å²) in [6.07, 6.45) is 11.1. The zero-order valence-corrected chi connectivity index (χ0v) is 13.9. The minimum Gasteiger partial charge on any atom is -0.336 e. The Balaban J connectivity index is 1.45. The van der Waals surface area contributed by atoms with Gasteiger partial charge < -0.3 is 14.8 Å². The van der Waals surface area contributed by atoms with Crippen molar-refractivity contribution in [3.8, 4) is 0 Å². The minimum absolute atomic E-state index is 0.0827. The fourth-order valence-corrected chi connectivity index (χ4v) is 3.73. The van der Waals surface area contributed by atoms with Gasteiger partial charge in [-0.3, -0.25) is 0 Å². The third-order valence-electron chi connectivity index (χ3n) is 5.05. The highest BCUT2D eigenvalue weighted by Crippen LogP contribution is 2.40. The molecule has 0 aliphatic heterocycles. The Bertz CT molecular complexity index is 693. The minimum atomic E-state index is 0.0827. The van der Waals surface area contributed by atoms with Gasteiger partial charge in [0.15, 0.2) is 0 Å². The summed E-state index contributed by atoms with van der Waals surface area (Å²) in [6, 6.07) is 9.34. The second-order valence-corrected chi connectivity index (χ2v) is 6.78. The largest absolute Gasteiger partial charge is 0.336 e. The lowest BCUT2D eigenvalue weighted by Crippen LogP contribution is -2.45. The van der Waals surface area contributed by atoms with E-state index in [4.69, 9.17) is 0 Å². The van der Waals surface area contributed by atoms with Gasteiger partial charge in [-0.05, 0) is 43.2 Å². The number of carbonyl (C=O) groups is 1. The van der Waals surface area contributed by atoms with Crippen molar-refractivity contribution in [2.24, 2.45) is 0 Å². The van der Waals surface area contributed by atoms with E-state index in [0.29, 0.717) is 12.6 Å². The summed E-state index contributed by atoms with van der Waals surface area (Å²) in [5, 5.41) is 3.11. The van der Waals surface area contributed by atoms with E-state index in [1.165, 1.54) is 11.1 Å². The van der Waals surface area contributed by atoms with Crippen LogP contribution in [0, 0.1) is 0 Å². The first kappa shape index (κ1) is 15.2. The van der Waals surface area contributed by atoms with Crippen LogP contribution in [0.2, 0.25) is 0 Å². The molecule has 4 rings (SSSR count). The van der Waals surface area contributed by atoms with Crippen LogP contribution in [0.1, 0.15) is 42.9 Å². The number of amides is 2. The van der Waals surface area contributed by atoms with Crippen LogP contribution >= 0.6 is 0 Å². The molecule has 0 bridgehead atoms. The number of hydrogen-bond donors (Lipinski definition) is 1. The molecule has 1 N–H and O–H groups in total. The van der Waals surface area contributed by atoms with Crippen LogP contribution in [0.3, 0.4) is 0 Å². The van der Waals surface area contributed by atoms with E-state index in [-0.39, 0.29) is 12.1 Å². The number of imidazole rings is 1. The van der Waals surface area contributed by atoms with Crippen LogP contribution < -0.4 is 5.32 Å². The first-order valence-electron chi connectivity index (χ1n) is 8.92. The number of aryl methyl sites for hydroxylation is 1. The molecule has 24 heavy (non-hydrogen) atoms. The van der Waals surface area contributed by atoms with Crippen molar-refractivity contribution in [1.82, 2.24) is 19.8 Å². The Labute approximate surface area is 142 Å². The van der Waals surface area contributed by atoms with E-state index >= 15 is 0 Å². The predicted octanol–water partition coefficient (Wildman–Crippen LogP) is 3.13. The van der Waals surface area contributed by atoms with Gasteiger partial charge in [-0.25, -0.2) is 9.78 Å². The Morgan fingerprint density at radius 1 is 1.29 bits per heavy atom. The fourth-order valence-electron chi connectivity index (χ4n) is 3.73. The van der Waals surface area contributed by atoms with Crippen molar-refractivity contribution >= 4 is 6.03 Å². The quantitative estimate of drug-likeness (QED) is 0.918. The number of carbonyl (C=O) groups excluding carboxylic acids is 1. The highest BCUT2D eigenvalue weighted by Gasteiger charge is 2.39. The van der Waals surface area contributed by atoms with Crippen molar-refractivity contribution in [1.29, 1.82) is 0 Å². The maximum atomic E-state index is 12.9. The van der Waals surface area contributed by atoms with Crippen molar-refractivity contribution in [3.63, 3.8) is 0 Å². The lowest BCUT2D eigenvalue weighted by Gasteiger charge is -2.36. The van der Waals surface area contributed by atoms with Gasteiger partial charge in [0.2, 0.25) is 0 Å². The monoisotopic (exact) mass is 324 g/mol. The summed E-state index contributed by atoms with van der Waals surface area (Å²) in [7, 11) is 0. The number of fused-ring (bicyclic) bond motifs is 1. The average Bonchev–Trinajstić information content (AvgIpc) is 3.30. The molecule has 2 amide bonds. The molecule has 0 saturated heterocycles. The Morgan fingerprint density at radius 3 is 2.96 bits per heavy atom. The molecule has 1 atom stereocenters. The lowest BCUT2D eigenvalue weighted by molar-refractivity contribution is 0.161. The fraction of sp³-hybridized carbons (Fsp3) is 0.474. The van der Waals surface area contributed by atoms with Gasteiger partial charge >= 0.3 is 6.03 Å². The molecule has 1 aromatic carbocycles. The zero-order valence-electron chi connectivity index (χ0n) is 13.9. The van der Waals surface area contributed by atoms with Crippen molar-refractivity contribution < 1.29 is 4.79 Å². The van der Waals surface area contributed by atoms with Crippen LogP contribution in [0.5, 0.6) is 0 Å². The molecular weight excluding hydrogens is 300 g/mol. The summed E-state index contributed by atoms with van der Waals surface area (Å²) in [4.78, 5) is 19.0. The van der Waals surface area contributed by atoms with E-state index in [9.17, 15) is 4.79 Å². The molecule has 1 heterocycles. The molecule has 1 saturated carbocycles. The molecule has 0 spiro atoms. The molecule has 126 valence electrons. The molecule has 2 aliphatic carbocycles. The van der Waals surface area contributed by atoms with E-state index in [1.54, 1.807) is 12.5 Å². The predicted molar refractivity (Wildman–Crippen MR) is 92.6 cm³/mol. The van der Waals surface area contributed by atoms with E-state index in [0.717, 1.165) is 38.6 Å². The van der Waals surface area contributed by atoms with Crippen molar-refractivity contribution in [2.75, 3.05) is 6.54 Å². The first-order chi connectivity index (χ1) is 11.8. The summed E-state index contributed by atoms with van der Waals surface area (Å²) in [5.74, 6) is 0. The standard InChI is InChI=1S/C19H24N4O/c24-19(21-11-13-22-12-10-20-14-22)23(16-8-9-16)18-7-3-5-15-4-1-2-6-17(15)18/h1-2,4,6,10,12,14,16,18H,3,5,7-9,11,13H2,(H,21,24). The number of rotatable bonds is 5. The molecule has 1 unspecified atom stereocenters. The number of nitrogens with one attached hydrogen (secondary N) is 1. The van der Waals surface area contributed by atoms with Gasteiger partial charge in [-0.2, -0.15) is 0 Å². The molecule has 1 fully saturated rings. The van der Waals surface area contributed by atoms with Gasteiger partial charge in [-0.15, -0.1) is 0 Å². The van der Waals surface area contributed by atoms with Crippen LogP contribution in [0.25, 0.3) is 0 Å². The van der Waals surface area contributed by atoms with E-state index in [2.05, 4.69) is 39.5 Å². The number of hydrogen-bond acceptors (Lipinski definition) is 2. The van der Waals surface area contributed by atoms with Crippen LogP contribution in [-0.4, -0.2) is 33.1 Å². The van der Waals surface area contributed by atoms with Gasteiger partial charge in [0, 0.05) is 31.5 Å². The molecule has 0 radical (unpaired) electrons. The first-order valence-corrected chi connectivity index (χ1v) is 8.92. The third kappa shape index (κ3) is 3.16. The average molecular weight is 324 g/mol. The van der Waals surface area contributed by atoms with Crippen molar-refractivity contribution in [3.05, 3.63) is 54.1 Å². The second-order valence-electron chi connectivity index (χ2n) is 6.78. The number of aromatic nitrogens is 2. The Kier molecular flexibility index (Phi) is 4.24. The molecular formula is C19H24N4O. The smallest absolute Gasteiger partial charge is 0.318 e. The molecule has 2 aromatic rings. The van der Waals surface area contributed by atoms with Gasteiger partial charge in [0.25, 0.3) is 0 Å². The maximum Gasteiger partial charge on any atom is 0.318 e.